The first kappa shape index (κ1) is 27.0. The summed E-state index contributed by atoms with van der Waals surface area (Å²) in [6.07, 6.45) is 13.4. The van der Waals surface area contributed by atoms with Gasteiger partial charge < -0.3 is 19.7 Å². The molecule has 9 nitrogen and oxygen atoms in total. The highest BCUT2D eigenvalue weighted by atomic mass is 16.5. The Hall–Kier alpha value is -2.09. The molecule has 0 bridgehead atoms. The van der Waals surface area contributed by atoms with Gasteiger partial charge in [-0.25, -0.2) is 9.79 Å². The van der Waals surface area contributed by atoms with Crippen LogP contribution in [0.25, 0.3) is 10.4 Å². The zero-order chi connectivity index (χ0) is 25.4. The molecule has 3 aliphatic carbocycles. The summed E-state index contributed by atoms with van der Waals surface area (Å²) in [5.74, 6) is 0.149. The average molecular weight is 503 g/mol. The first-order valence-electron chi connectivity index (χ1n) is 14.0. The number of carboxylic acid groups (broad SMARTS) is 1. The first-order valence-corrected chi connectivity index (χ1v) is 14.0. The summed E-state index contributed by atoms with van der Waals surface area (Å²) < 4.78 is 12.5. The van der Waals surface area contributed by atoms with Crippen molar-refractivity contribution in [1.82, 2.24) is 0 Å². The summed E-state index contributed by atoms with van der Waals surface area (Å²) in [4.78, 5) is 21.0. The van der Waals surface area contributed by atoms with Gasteiger partial charge in [-0.3, -0.25) is 0 Å². The van der Waals surface area contributed by atoms with Crippen molar-refractivity contribution in [2.45, 2.75) is 114 Å². The van der Waals surface area contributed by atoms with Crippen LogP contribution in [-0.2, 0) is 14.3 Å². The van der Waals surface area contributed by atoms with Crippen molar-refractivity contribution in [3.05, 3.63) is 21.6 Å². The Kier molecular flexibility index (Phi) is 9.68. The molecule has 36 heavy (non-hydrogen) atoms. The number of hydrogen-bond acceptors (Lipinski definition) is 6. The second kappa shape index (κ2) is 12.9. The van der Waals surface area contributed by atoms with E-state index < -0.39 is 17.6 Å². The molecular formula is C27H42N4O5. The van der Waals surface area contributed by atoms with Crippen molar-refractivity contribution in [2.75, 3.05) is 19.8 Å². The fourth-order valence-corrected chi connectivity index (χ4v) is 6.67. The number of carboxylic acids is 1. The molecule has 9 heteroatoms. The third-order valence-electron chi connectivity index (χ3n) is 8.63. The monoisotopic (exact) mass is 502 g/mol. The standard InChI is InChI=1S/C27H42N4O5/c28-31-29-18-21-9-4-5-10-23(21)24-27(26(33)34,17-19-7-2-1-3-8-19)30-25(36-24)20-11-13-22(14-12-20)35-16-6-15-32/h19-20,22,24,32H,1-18H2,(H,33,34)/t20?,22?,24-,27-/m1/s1. The zero-order valence-electron chi connectivity index (χ0n) is 21.4. The van der Waals surface area contributed by atoms with E-state index in [0.717, 1.165) is 88.2 Å². The number of aliphatic carboxylic acids is 1. The molecule has 0 spiro atoms. The summed E-state index contributed by atoms with van der Waals surface area (Å²) in [5, 5.41) is 23.5. The molecule has 2 atom stereocenters. The molecule has 0 aromatic heterocycles. The molecule has 2 fully saturated rings. The molecule has 2 saturated carbocycles. The highest BCUT2D eigenvalue weighted by Gasteiger charge is 2.56. The van der Waals surface area contributed by atoms with Crippen molar-refractivity contribution in [1.29, 1.82) is 0 Å². The van der Waals surface area contributed by atoms with Crippen LogP contribution in [-0.4, -0.2) is 59.6 Å². The van der Waals surface area contributed by atoms with Crippen molar-refractivity contribution in [2.24, 2.45) is 21.9 Å². The van der Waals surface area contributed by atoms with Gasteiger partial charge in [0.05, 0.1) is 6.10 Å². The minimum absolute atomic E-state index is 0.0996. The largest absolute Gasteiger partial charge is 0.479 e. The Morgan fingerprint density at radius 3 is 2.56 bits per heavy atom. The van der Waals surface area contributed by atoms with Crippen LogP contribution < -0.4 is 0 Å². The van der Waals surface area contributed by atoms with Gasteiger partial charge in [-0.1, -0.05) is 42.8 Å². The molecule has 2 N–H and O–H groups in total. The Morgan fingerprint density at radius 2 is 1.86 bits per heavy atom. The van der Waals surface area contributed by atoms with Crippen LogP contribution >= 0.6 is 0 Å². The maximum atomic E-state index is 13.1. The average Bonchev–Trinajstić information content (AvgIpc) is 3.29. The fraction of sp³-hybridized carbons (Fsp3) is 0.852. The molecule has 1 aliphatic heterocycles. The summed E-state index contributed by atoms with van der Waals surface area (Å²) in [7, 11) is 0. The third-order valence-corrected chi connectivity index (χ3v) is 8.63. The summed E-state index contributed by atoms with van der Waals surface area (Å²) in [6.45, 7) is 0.977. The minimum Gasteiger partial charge on any atom is -0.479 e. The van der Waals surface area contributed by atoms with E-state index in [4.69, 9.17) is 25.1 Å². The number of carbonyl (C=O) groups is 1. The van der Waals surface area contributed by atoms with Gasteiger partial charge >= 0.3 is 5.97 Å². The van der Waals surface area contributed by atoms with E-state index in [-0.39, 0.29) is 25.2 Å². The number of ether oxygens (including phenoxy) is 2. The van der Waals surface area contributed by atoms with Gasteiger partial charge in [0.2, 0.25) is 5.54 Å². The molecule has 0 unspecified atom stereocenters. The SMILES string of the molecule is [N-]=[N+]=NCC1=C([C@H]2OC(C3CCC(OCCCO)CC3)=N[C@@]2(CC2CCCCC2)C(=O)O)CCCC1. The van der Waals surface area contributed by atoms with Crippen LogP contribution in [0.15, 0.2) is 21.3 Å². The zero-order valence-corrected chi connectivity index (χ0v) is 21.4. The van der Waals surface area contributed by atoms with E-state index in [1.54, 1.807) is 0 Å². The second-order valence-electron chi connectivity index (χ2n) is 11.0. The van der Waals surface area contributed by atoms with Gasteiger partial charge in [0.15, 0.2) is 12.0 Å². The number of nitrogens with zero attached hydrogens (tertiary/aromatic N) is 4. The molecule has 0 aromatic rings. The Morgan fingerprint density at radius 1 is 1.11 bits per heavy atom. The maximum absolute atomic E-state index is 13.1. The second-order valence-corrected chi connectivity index (χ2v) is 11.0. The predicted octanol–water partition coefficient (Wildman–Crippen LogP) is 5.72. The van der Waals surface area contributed by atoms with Gasteiger partial charge in [0, 0.05) is 30.6 Å². The minimum atomic E-state index is -1.31. The van der Waals surface area contributed by atoms with Crippen molar-refractivity contribution >= 4 is 11.9 Å². The van der Waals surface area contributed by atoms with E-state index in [9.17, 15) is 9.90 Å². The molecule has 4 rings (SSSR count). The maximum Gasteiger partial charge on any atom is 0.336 e. The van der Waals surface area contributed by atoms with Gasteiger partial charge in [0.1, 0.15) is 0 Å². The van der Waals surface area contributed by atoms with Crippen LogP contribution in [0.1, 0.15) is 96.3 Å². The van der Waals surface area contributed by atoms with Crippen molar-refractivity contribution in [3.63, 3.8) is 0 Å². The number of rotatable bonds is 11. The van der Waals surface area contributed by atoms with Gasteiger partial charge in [0.25, 0.3) is 0 Å². The lowest BCUT2D eigenvalue weighted by Gasteiger charge is -2.36. The van der Waals surface area contributed by atoms with E-state index in [2.05, 4.69) is 10.0 Å². The van der Waals surface area contributed by atoms with E-state index in [0.29, 0.717) is 31.3 Å². The van der Waals surface area contributed by atoms with E-state index >= 15 is 0 Å². The summed E-state index contributed by atoms with van der Waals surface area (Å²) >= 11 is 0. The molecular weight excluding hydrogens is 460 g/mol. The summed E-state index contributed by atoms with van der Waals surface area (Å²) in [6, 6.07) is 0. The number of azide groups is 1. The highest BCUT2D eigenvalue weighted by molar-refractivity contribution is 5.91. The van der Waals surface area contributed by atoms with E-state index in [1.807, 2.05) is 0 Å². The molecule has 0 aromatic carbocycles. The molecule has 0 amide bonds. The quantitative estimate of drug-likeness (QED) is 0.122. The number of aliphatic imine (C=N–C) groups is 1. The lowest BCUT2D eigenvalue weighted by atomic mass is 9.73. The van der Waals surface area contributed by atoms with Crippen molar-refractivity contribution < 1.29 is 24.5 Å². The highest BCUT2D eigenvalue weighted by Crippen LogP contribution is 2.46. The topological polar surface area (TPSA) is 137 Å². The number of hydrogen-bond donors (Lipinski definition) is 2. The lowest BCUT2D eigenvalue weighted by molar-refractivity contribution is -0.146. The lowest BCUT2D eigenvalue weighted by Crippen LogP contribution is -2.49. The Bertz CT molecular complexity index is 869. The van der Waals surface area contributed by atoms with Gasteiger partial charge in [-0.2, -0.15) is 0 Å². The Labute approximate surface area is 214 Å². The van der Waals surface area contributed by atoms with Crippen LogP contribution in [0.4, 0.5) is 0 Å². The fourth-order valence-electron chi connectivity index (χ4n) is 6.67. The molecule has 0 saturated heterocycles. The van der Waals surface area contributed by atoms with Crippen LogP contribution in [0.5, 0.6) is 0 Å². The van der Waals surface area contributed by atoms with Crippen LogP contribution in [0, 0.1) is 11.8 Å². The molecule has 1 heterocycles. The smallest absolute Gasteiger partial charge is 0.336 e. The molecule has 4 aliphatic rings. The molecule has 0 radical (unpaired) electrons. The Balaban J connectivity index is 1.60. The van der Waals surface area contributed by atoms with Crippen molar-refractivity contribution in [3.8, 4) is 0 Å². The van der Waals surface area contributed by atoms with Crippen LogP contribution in [0.3, 0.4) is 0 Å². The predicted molar refractivity (Wildman–Crippen MR) is 137 cm³/mol. The van der Waals surface area contributed by atoms with Gasteiger partial charge in [-0.05, 0) is 81.2 Å². The number of aliphatic hydroxyl groups is 1. The van der Waals surface area contributed by atoms with E-state index in [1.165, 1.54) is 6.42 Å². The third kappa shape index (κ3) is 6.24. The normalized spacial score (nSPS) is 31.5. The summed E-state index contributed by atoms with van der Waals surface area (Å²) in [5.41, 5.74) is 9.66. The number of aliphatic hydroxyl groups excluding tert-OH is 1. The molecule has 200 valence electrons. The van der Waals surface area contributed by atoms with Gasteiger partial charge in [-0.15, -0.1) is 0 Å². The van der Waals surface area contributed by atoms with Crippen LogP contribution in [0.2, 0.25) is 0 Å². The first-order chi connectivity index (χ1) is 17.6.